The molecular weight excluding hydrogens is 418 g/mol. The molecule has 1 atom stereocenters. The van der Waals surface area contributed by atoms with Crippen LogP contribution in [0.4, 0.5) is 0 Å². The number of rotatable bonds is 7. The Hall–Kier alpha value is -2.64. The summed E-state index contributed by atoms with van der Waals surface area (Å²) in [4.78, 5) is 4.58. The Labute approximate surface area is 183 Å². The summed E-state index contributed by atoms with van der Waals surface area (Å²) in [5.41, 5.74) is 2.14. The third kappa shape index (κ3) is 4.13. The highest BCUT2D eigenvalue weighted by Gasteiger charge is 2.30. The summed E-state index contributed by atoms with van der Waals surface area (Å²) in [6.45, 7) is 2.05. The molecular formula is C22H20ClN5OS. The van der Waals surface area contributed by atoms with Crippen LogP contribution < -0.4 is 0 Å². The Kier molecular flexibility index (Phi) is 5.31. The second-order valence-electron chi connectivity index (χ2n) is 7.40. The largest absolute Gasteiger partial charge is 0.338 e. The topological polar surface area (TPSA) is 69.6 Å². The van der Waals surface area contributed by atoms with E-state index in [-0.39, 0.29) is 5.25 Å². The molecule has 0 radical (unpaired) electrons. The van der Waals surface area contributed by atoms with Crippen molar-refractivity contribution in [2.45, 2.75) is 42.5 Å². The molecule has 1 unspecified atom stereocenters. The SMILES string of the molecule is CC(Sc1nnc(Cc2ccccc2)n1-c1ccc(Cl)cc1)c1nc(C2CC2)no1. The van der Waals surface area contributed by atoms with Gasteiger partial charge in [0.2, 0.25) is 5.89 Å². The molecule has 0 saturated heterocycles. The van der Waals surface area contributed by atoms with E-state index >= 15 is 0 Å². The summed E-state index contributed by atoms with van der Waals surface area (Å²) in [6.07, 6.45) is 2.97. The predicted molar refractivity (Wildman–Crippen MR) is 116 cm³/mol. The standard InChI is InChI=1S/C22H20ClN5OS/c1-14(21-24-20(27-29-21)16-7-8-16)30-22-26-25-19(13-15-5-3-2-4-6-15)28(22)18-11-9-17(23)10-12-18/h2-6,9-12,14,16H,7-8,13H2,1H3. The smallest absolute Gasteiger partial charge is 0.239 e. The molecule has 5 rings (SSSR count). The highest BCUT2D eigenvalue weighted by Crippen LogP contribution is 2.40. The van der Waals surface area contributed by atoms with E-state index in [1.165, 1.54) is 5.56 Å². The molecule has 30 heavy (non-hydrogen) atoms. The Morgan fingerprint density at radius 2 is 1.87 bits per heavy atom. The summed E-state index contributed by atoms with van der Waals surface area (Å²) in [5, 5.41) is 14.5. The average Bonchev–Trinajstić information content (AvgIpc) is 3.36. The fraction of sp³-hybridized carbons (Fsp3) is 0.273. The second kappa shape index (κ2) is 8.24. The Bertz CT molecular complexity index is 1140. The number of halogens is 1. The van der Waals surface area contributed by atoms with Crippen molar-refractivity contribution in [3.8, 4) is 5.69 Å². The van der Waals surface area contributed by atoms with Gasteiger partial charge in [0.15, 0.2) is 11.0 Å². The first-order chi connectivity index (χ1) is 14.7. The first kappa shape index (κ1) is 19.3. The van der Waals surface area contributed by atoms with Crippen LogP contribution in [0.15, 0.2) is 64.3 Å². The maximum absolute atomic E-state index is 6.11. The van der Waals surface area contributed by atoms with Crippen molar-refractivity contribution in [1.82, 2.24) is 24.9 Å². The number of nitrogens with zero attached hydrogens (tertiary/aromatic N) is 5. The first-order valence-corrected chi connectivity index (χ1v) is 11.2. The van der Waals surface area contributed by atoms with Gasteiger partial charge in [0.25, 0.3) is 0 Å². The Morgan fingerprint density at radius 3 is 2.60 bits per heavy atom. The van der Waals surface area contributed by atoms with Crippen LogP contribution in [0.1, 0.15) is 54.0 Å². The van der Waals surface area contributed by atoms with E-state index in [9.17, 15) is 0 Å². The van der Waals surface area contributed by atoms with Crippen LogP contribution >= 0.6 is 23.4 Å². The molecule has 8 heteroatoms. The highest BCUT2D eigenvalue weighted by atomic mass is 35.5. The summed E-state index contributed by atoms with van der Waals surface area (Å²) < 4.78 is 7.58. The van der Waals surface area contributed by atoms with E-state index in [2.05, 4.69) is 37.0 Å². The van der Waals surface area contributed by atoms with Crippen molar-refractivity contribution in [3.63, 3.8) is 0 Å². The summed E-state index contributed by atoms with van der Waals surface area (Å²) >= 11 is 7.67. The lowest BCUT2D eigenvalue weighted by Crippen LogP contribution is -2.04. The van der Waals surface area contributed by atoms with Gasteiger partial charge in [0, 0.05) is 23.0 Å². The van der Waals surface area contributed by atoms with Crippen LogP contribution in [-0.2, 0) is 6.42 Å². The van der Waals surface area contributed by atoms with Crippen LogP contribution in [0.25, 0.3) is 5.69 Å². The first-order valence-electron chi connectivity index (χ1n) is 9.91. The van der Waals surface area contributed by atoms with Crippen molar-refractivity contribution in [1.29, 1.82) is 0 Å². The molecule has 2 heterocycles. The number of benzene rings is 2. The predicted octanol–water partition coefficient (Wildman–Crippen LogP) is 5.63. The summed E-state index contributed by atoms with van der Waals surface area (Å²) in [6, 6.07) is 18.0. The van der Waals surface area contributed by atoms with Gasteiger partial charge in [0.05, 0.1) is 5.25 Å². The van der Waals surface area contributed by atoms with Crippen molar-refractivity contribution in [2.24, 2.45) is 0 Å². The number of hydrogen-bond acceptors (Lipinski definition) is 6. The molecule has 2 aromatic heterocycles. The fourth-order valence-electron chi connectivity index (χ4n) is 3.25. The molecule has 152 valence electrons. The van der Waals surface area contributed by atoms with Crippen molar-refractivity contribution in [3.05, 3.63) is 82.7 Å². The number of aromatic nitrogens is 5. The van der Waals surface area contributed by atoms with Gasteiger partial charge in [-0.3, -0.25) is 4.57 Å². The van der Waals surface area contributed by atoms with Gasteiger partial charge in [-0.15, -0.1) is 10.2 Å². The quantitative estimate of drug-likeness (QED) is 0.349. The molecule has 1 fully saturated rings. The molecule has 2 aromatic carbocycles. The second-order valence-corrected chi connectivity index (χ2v) is 9.14. The minimum absolute atomic E-state index is 0.0372. The monoisotopic (exact) mass is 437 g/mol. The average molecular weight is 438 g/mol. The highest BCUT2D eigenvalue weighted by molar-refractivity contribution is 7.99. The van der Waals surface area contributed by atoms with Gasteiger partial charge in [-0.25, -0.2) is 0 Å². The fourth-order valence-corrected chi connectivity index (χ4v) is 4.29. The maximum Gasteiger partial charge on any atom is 0.239 e. The van der Waals surface area contributed by atoms with Crippen molar-refractivity contribution < 1.29 is 4.52 Å². The molecule has 0 N–H and O–H groups in total. The lowest BCUT2D eigenvalue weighted by molar-refractivity contribution is 0.374. The van der Waals surface area contributed by atoms with Gasteiger partial charge in [-0.2, -0.15) is 4.98 Å². The molecule has 0 amide bonds. The number of thioether (sulfide) groups is 1. The normalized spacial score (nSPS) is 14.7. The third-order valence-corrected chi connectivity index (χ3v) is 6.30. The van der Waals surface area contributed by atoms with Gasteiger partial charge in [0.1, 0.15) is 5.82 Å². The summed E-state index contributed by atoms with van der Waals surface area (Å²) in [7, 11) is 0. The number of hydrogen-bond donors (Lipinski definition) is 0. The molecule has 4 aromatic rings. The third-order valence-electron chi connectivity index (χ3n) is 5.02. The van der Waals surface area contributed by atoms with E-state index in [0.29, 0.717) is 23.3 Å². The van der Waals surface area contributed by atoms with Crippen LogP contribution in [0.2, 0.25) is 5.02 Å². The van der Waals surface area contributed by atoms with Crippen molar-refractivity contribution >= 4 is 23.4 Å². The minimum atomic E-state index is -0.0372. The zero-order valence-electron chi connectivity index (χ0n) is 16.4. The van der Waals surface area contributed by atoms with Crippen molar-refractivity contribution in [2.75, 3.05) is 0 Å². The van der Waals surface area contributed by atoms with E-state index in [1.807, 2.05) is 49.4 Å². The Balaban J connectivity index is 1.46. The molecule has 0 aliphatic heterocycles. The van der Waals surface area contributed by atoms with Gasteiger partial charge in [-0.05, 0) is 49.6 Å². The van der Waals surface area contributed by atoms with E-state index < -0.39 is 0 Å². The van der Waals surface area contributed by atoms with Gasteiger partial charge in [-0.1, -0.05) is 58.9 Å². The molecule has 1 aliphatic rings. The molecule has 0 bridgehead atoms. The van der Waals surface area contributed by atoms with Gasteiger partial charge < -0.3 is 4.52 Å². The van der Waals surface area contributed by atoms with Crippen LogP contribution in [0.3, 0.4) is 0 Å². The van der Waals surface area contributed by atoms with E-state index in [4.69, 9.17) is 16.1 Å². The lowest BCUT2D eigenvalue weighted by atomic mass is 10.1. The molecule has 1 saturated carbocycles. The molecule has 0 spiro atoms. The summed E-state index contributed by atoms with van der Waals surface area (Å²) in [5.74, 6) is 2.77. The van der Waals surface area contributed by atoms with Crippen LogP contribution in [-0.4, -0.2) is 24.9 Å². The minimum Gasteiger partial charge on any atom is -0.338 e. The lowest BCUT2D eigenvalue weighted by Gasteiger charge is -2.12. The van der Waals surface area contributed by atoms with Crippen LogP contribution in [0, 0.1) is 0 Å². The van der Waals surface area contributed by atoms with E-state index in [0.717, 1.165) is 35.3 Å². The maximum atomic E-state index is 6.11. The van der Waals surface area contributed by atoms with Gasteiger partial charge >= 0.3 is 0 Å². The zero-order valence-corrected chi connectivity index (χ0v) is 18.0. The zero-order chi connectivity index (χ0) is 20.5. The molecule has 6 nitrogen and oxygen atoms in total. The molecule has 1 aliphatic carbocycles. The van der Waals surface area contributed by atoms with Crippen LogP contribution in [0.5, 0.6) is 0 Å². The Morgan fingerprint density at radius 1 is 1.10 bits per heavy atom. The van der Waals surface area contributed by atoms with E-state index in [1.54, 1.807) is 11.8 Å².